The number of carboxylic acids is 1. The molecule has 1 aromatic carbocycles. The molecule has 0 radical (unpaired) electrons. The highest BCUT2D eigenvalue weighted by atomic mass is 16.5. The molecule has 0 spiro atoms. The number of rotatable bonds is 5. The molecular formula is C17H23NO4. The first kappa shape index (κ1) is 16.5. The van der Waals surface area contributed by atoms with Crippen LogP contribution in [0.15, 0.2) is 30.3 Å². The van der Waals surface area contributed by atoms with Crippen LogP contribution in [0.4, 0.5) is 0 Å². The predicted molar refractivity (Wildman–Crippen MR) is 82.7 cm³/mol. The van der Waals surface area contributed by atoms with Crippen LogP contribution in [0.1, 0.15) is 31.7 Å². The van der Waals surface area contributed by atoms with Gasteiger partial charge in [0.25, 0.3) is 5.91 Å². The Morgan fingerprint density at radius 3 is 2.32 bits per heavy atom. The zero-order valence-corrected chi connectivity index (χ0v) is 13.1. The molecule has 120 valence electrons. The van der Waals surface area contributed by atoms with Gasteiger partial charge in [-0.05, 0) is 24.8 Å². The van der Waals surface area contributed by atoms with Crippen molar-refractivity contribution in [3.05, 3.63) is 35.9 Å². The fraction of sp³-hybridized carbons (Fsp3) is 0.529. The molecule has 22 heavy (non-hydrogen) atoms. The highest BCUT2D eigenvalue weighted by Gasteiger charge is 2.44. The van der Waals surface area contributed by atoms with Crippen LogP contribution >= 0.6 is 0 Å². The molecule has 2 rings (SSSR count). The van der Waals surface area contributed by atoms with Crippen LogP contribution < -0.4 is 0 Å². The van der Waals surface area contributed by atoms with Crippen LogP contribution in [0.5, 0.6) is 0 Å². The Bertz CT molecular complexity index is 517. The summed E-state index contributed by atoms with van der Waals surface area (Å²) in [7, 11) is 1.53. The minimum absolute atomic E-state index is 0.0444. The molecule has 1 heterocycles. The molecule has 0 bridgehead atoms. The van der Waals surface area contributed by atoms with E-state index < -0.39 is 17.5 Å². The first-order valence-electron chi connectivity index (χ1n) is 7.65. The summed E-state index contributed by atoms with van der Waals surface area (Å²) in [5, 5.41) is 9.74. The first-order valence-corrected chi connectivity index (χ1v) is 7.65. The van der Waals surface area contributed by atoms with Gasteiger partial charge in [0.05, 0.1) is 5.41 Å². The third-order valence-corrected chi connectivity index (χ3v) is 4.60. The third kappa shape index (κ3) is 2.99. The van der Waals surface area contributed by atoms with E-state index in [0.29, 0.717) is 32.4 Å². The summed E-state index contributed by atoms with van der Waals surface area (Å²) < 4.78 is 5.19. The molecule has 1 aliphatic heterocycles. The van der Waals surface area contributed by atoms with Gasteiger partial charge < -0.3 is 14.7 Å². The standard InChI is InChI=1S/C17H23NO4/c1-3-14(22-2)15(19)18-11-9-17(10-12-18,16(20)21)13-7-5-4-6-8-13/h4-8,14H,3,9-12H2,1-2H3,(H,20,21). The lowest BCUT2D eigenvalue weighted by Crippen LogP contribution is -2.51. The van der Waals surface area contributed by atoms with Crippen molar-refractivity contribution in [1.82, 2.24) is 4.90 Å². The van der Waals surface area contributed by atoms with E-state index in [2.05, 4.69) is 0 Å². The van der Waals surface area contributed by atoms with E-state index in [9.17, 15) is 14.7 Å². The molecule has 1 atom stereocenters. The predicted octanol–water partition coefficient (Wildman–Crippen LogP) is 2.06. The summed E-state index contributed by atoms with van der Waals surface area (Å²) in [5.41, 5.74) is -0.0827. The number of hydrogen-bond acceptors (Lipinski definition) is 3. The largest absolute Gasteiger partial charge is 0.481 e. The summed E-state index contributed by atoms with van der Waals surface area (Å²) in [4.78, 5) is 25.9. The van der Waals surface area contributed by atoms with Gasteiger partial charge in [0, 0.05) is 20.2 Å². The zero-order chi connectivity index (χ0) is 16.2. The average Bonchev–Trinajstić information content (AvgIpc) is 2.56. The van der Waals surface area contributed by atoms with Crippen molar-refractivity contribution in [1.29, 1.82) is 0 Å². The minimum atomic E-state index is -0.896. The van der Waals surface area contributed by atoms with Crippen LogP contribution in [0.25, 0.3) is 0 Å². The van der Waals surface area contributed by atoms with Crippen LogP contribution in [-0.4, -0.2) is 48.2 Å². The second-order valence-corrected chi connectivity index (χ2v) is 5.71. The first-order chi connectivity index (χ1) is 10.5. The maximum Gasteiger partial charge on any atom is 0.314 e. The summed E-state index contributed by atoms with van der Waals surface area (Å²) in [5.74, 6) is -0.860. The second kappa shape index (κ2) is 6.92. The van der Waals surface area contributed by atoms with Gasteiger partial charge in [0.15, 0.2) is 0 Å². The Morgan fingerprint density at radius 2 is 1.86 bits per heavy atom. The lowest BCUT2D eigenvalue weighted by molar-refractivity contribution is -0.151. The number of hydrogen-bond donors (Lipinski definition) is 1. The summed E-state index contributed by atoms with van der Waals surface area (Å²) in [6.45, 7) is 2.79. The van der Waals surface area contributed by atoms with Gasteiger partial charge in [-0.2, -0.15) is 0 Å². The Kier molecular flexibility index (Phi) is 5.19. The van der Waals surface area contributed by atoms with E-state index in [1.165, 1.54) is 7.11 Å². The van der Waals surface area contributed by atoms with Crippen LogP contribution in [0.3, 0.4) is 0 Å². The van der Waals surface area contributed by atoms with Gasteiger partial charge in [0.1, 0.15) is 6.10 Å². The number of carbonyl (C=O) groups is 2. The van der Waals surface area contributed by atoms with E-state index in [1.807, 2.05) is 37.3 Å². The summed E-state index contributed by atoms with van der Waals surface area (Å²) >= 11 is 0. The number of carbonyl (C=O) groups excluding carboxylic acids is 1. The molecule has 1 amide bonds. The van der Waals surface area contributed by atoms with Crippen molar-refractivity contribution in [2.45, 2.75) is 37.7 Å². The molecule has 0 aliphatic carbocycles. The number of piperidine rings is 1. The number of methoxy groups -OCH3 is 1. The van der Waals surface area contributed by atoms with Gasteiger partial charge >= 0.3 is 5.97 Å². The average molecular weight is 305 g/mol. The highest BCUT2D eigenvalue weighted by Crippen LogP contribution is 2.36. The molecule has 0 saturated carbocycles. The number of benzene rings is 1. The van der Waals surface area contributed by atoms with Crippen molar-refractivity contribution < 1.29 is 19.4 Å². The third-order valence-electron chi connectivity index (χ3n) is 4.60. The number of carboxylic acid groups (broad SMARTS) is 1. The zero-order valence-electron chi connectivity index (χ0n) is 13.1. The van der Waals surface area contributed by atoms with E-state index in [1.54, 1.807) is 4.90 Å². The van der Waals surface area contributed by atoms with E-state index in [-0.39, 0.29) is 5.91 Å². The Balaban J connectivity index is 2.15. The number of nitrogens with zero attached hydrogens (tertiary/aromatic N) is 1. The monoisotopic (exact) mass is 305 g/mol. The van der Waals surface area contributed by atoms with Crippen molar-refractivity contribution in [2.75, 3.05) is 20.2 Å². The van der Waals surface area contributed by atoms with Crippen LogP contribution in [0, 0.1) is 0 Å². The van der Waals surface area contributed by atoms with Crippen molar-refractivity contribution in [2.24, 2.45) is 0 Å². The summed E-state index contributed by atoms with van der Waals surface area (Å²) in [6, 6.07) is 9.30. The minimum Gasteiger partial charge on any atom is -0.481 e. The summed E-state index contributed by atoms with van der Waals surface area (Å²) in [6.07, 6.45) is 1.04. The molecule has 1 fully saturated rings. The van der Waals surface area contributed by atoms with Gasteiger partial charge in [-0.3, -0.25) is 9.59 Å². The Hall–Kier alpha value is -1.88. The van der Waals surface area contributed by atoms with Crippen molar-refractivity contribution in [3.63, 3.8) is 0 Å². The Labute approximate surface area is 130 Å². The van der Waals surface area contributed by atoms with Crippen LogP contribution in [0.2, 0.25) is 0 Å². The van der Waals surface area contributed by atoms with Crippen molar-refractivity contribution in [3.8, 4) is 0 Å². The van der Waals surface area contributed by atoms with Gasteiger partial charge in [0.2, 0.25) is 0 Å². The molecule has 1 saturated heterocycles. The van der Waals surface area contributed by atoms with Crippen molar-refractivity contribution >= 4 is 11.9 Å². The molecule has 1 aliphatic rings. The number of amides is 1. The molecule has 1 unspecified atom stereocenters. The molecule has 5 nitrogen and oxygen atoms in total. The van der Waals surface area contributed by atoms with Gasteiger partial charge in [-0.25, -0.2) is 0 Å². The highest BCUT2D eigenvalue weighted by molar-refractivity contribution is 5.84. The quantitative estimate of drug-likeness (QED) is 0.904. The van der Waals surface area contributed by atoms with Gasteiger partial charge in [-0.15, -0.1) is 0 Å². The maximum absolute atomic E-state index is 12.3. The van der Waals surface area contributed by atoms with Crippen LogP contribution in [-0.2, 0) is 19.7 Å². The topological polar surface area (TPSA) is 66.8 Å². The maximum atomic E-state index is 12.3. The number of likely N-dealkylation sites (tertiary alicyclic amines) is 1. The number of aliphatic carboxylic acids is 1. The molecule has 0 aromatic heterocycles. The van der Waals surface area contributed by atoms with E-state index in [4.69, 9.17) is 4.74 Å². The lowest BCUT2D eigenvalue weighted by Gasteiger charge is -2.40. The molecule has 1 N–H and O–H groups in total. The lowest BCUT2D eigenvalue weighted by atomic mass is 9.73. The second-order valence-electron chi connectivity index (χ2n) is 5.71. The van der Waals surface area contributed by atoms with Gasteiger partial charge in [-0.1, -0.05) is 37.3 Å². The fourth-order valence-electron chi connectivity index (χ4n) is 3.14. The van der Waals surface area contributed by atoms with E-state index in [0.717, 1.165) is 5.56 Å². The van der Waals surface area contributed by atoms with E-state index >= 15 is 0 Å². The normalized spacial score (nSPS) is 18.7. The number of ether oxygens (including phenoxy) is 1. The Morgan fingerprint density at radius 1 is 1.27 bits per heavy atom. The molecule has 5 heteroatoms. The molecular weight excluding hydrogens is 282 g/mol. The SMILES string of the molecule is CCC(OC)C(=O)N1CCC(C(=O)O)(c2ccccc2)CC1. The fourth-order valence-corrected chi connectivity index (χ4v) is 3.14. The molecule has 1 aromatic rings. The smallest absolute Gasteiger partial charge is 0.314 e.